The van der Waals surface area contributed by atoms with Crippen molar-refractivity contribution in [3.63, 3.8) is 0 Å². The molecule has 0 bridgehead atoms. The summed E-state index contributed by atoms with van der Waals surface area (Å²) in [6, 6.07) is 2.19. The molecule has 0 amide bonds. The zero-order chi connectivity index (χ0) is 15.2. The molecular weight excluding hydrogens is 258 g/mol. The first-order chi connectivity index (χ1) is 10.1. The van der Waals surface area contributed by atoms with Crippen LogP contribution in [0.3, 0.4) is 0 Å². The first-order valence-corrected chi connectivity index (χ1v) is 9.28. The molecule has 2 unspecified atom stereocenters. The minimum atomic E-state index is 0.683. The first-order valence-electron chi connectivity index (χ1n) is 9.28. The van der Waals surface area contributed by atoms with Crippen molar-refractivity contribution in [1.82, 2.24) is 15.1 Å². The van der Waals surface area contributed by atoms with E-state index in [-0.39, 0.29) is 0 Å². The van der Waals surface area contributed by atoms with E-state index in [9.17, 15) is 0 Å². The quantitative estimate of drug-likeness (QED) is 0.841. The highest BCUT2D eigenvalue weighted by Gasteiger charge is 2.27. The van der Waals surface area contributed by atoms with Gasteiger partial charge in [-0.3, -0.25) is 4.90 Å². The summed E-state index contributed by atoms with van der Waals surface area (Å²) in [6.45, 7) is 15.8. The third kappa shape index (κ3) is 5.22. The Kier molecular flexibility index (Phi) is 6.97. The molecular formula is C18H37N3. The Labute approximate surface area is 132 Å². The number of piperidine rings is 1. The minimum absolute atomic E-state index is 0.683. The van der Waals surface area contributed by atoms with Gasteiger partial charge in [0.25, 0.3) is 0 Å². The van der Waals surface area contributed by atoms with Gasteiger partial charge < -0.3 is 10.2 Å². The van der Waals surface area contributed by atoms with E-state index in [0.717, 1.165) is 12.0 Å². The van der Waals surface area contributed by atoms with Crippen LogP contribution in [0.2, 0.25) is 0 Å². The van der Waals surface area contributed by atoms with E-state index in [1.54, 1.807) is 0 Å². The van der Waals surface area contributed by atoms with Gasteiger partial charge in [-0.2, -0.15) is 0 Å². The Bertz CT molecular complexity index is 284. The van der Waals surface area contributed by atoms with E-state index in [0.29, 0.717) is 12.1 Å². The Morgan fingerprint density at radius 1 is 1.05 bits per heavy atom. The van der Waals surface area contributed by atoms with E-state index >= 15 is 0 Å². The van der Waals surface area contributed by atoms with Crippen molar-refractivity contribution in [2.24, 2.45) is 5.92 Å². The van der Waals surface area contributed by atoms with Crippen molar-refractivity contribution in [3.8, 4) is 0 Å². The molecule has 0 saturated carbocycles. The zero-order valence-electron chi connectivity index (χ0n) is 14.8. The van der Waals surface area contributed by atoms with Gasteiger partial charge in [0, 0.05) is 24.7 Å². The average Bonchev–Trinajstić information content (AvgIpc) is 2.71. The van der Waals surface area contributed by atoms with Gasteiger partial charge >= 0.3 is 0 Å². The Morgan fingerprint density at radius 3 is 2.48 bits per heavy atom. The molecule has 3 heteroatoms. The molecule has 2 fully saturated rings. The summed E-state index contributed by atoms with van der Waals surface area (Å²) < 4.78 is 0. The topological polar surface area (TPSA) is 18.5 Å². The summed E-state index contributed by atoms with van der Waals surface area (Å²) >= 11 is 0. The second-order valence-corrected chi connectivity index (χ2v) is 7.72. The maximum Gasteiger partial charge on any atom is 0.0111 e. The molecule has 21 heavy (non-hydrogen) atoms. The van der Waals surface area contributed by atoms with Crippen LogP contribution < -0.4 is 5.32 Å². The van der Waals surface area contributed by atoms with Gasteiger partial charge in [-0.1, -0.05) is 0 Å². The van der Waals surface area contributed by atoms with Crippen LogP contribution in [0.1, 0.15) is 59.8 Å². The molecule has 124 valence electrons. The van der Waals surface area contributed by atoms with Crippen LogP contribution in [0.5, 0.6) is 0 Å². The minimum Gasteiger partial charge on any atom is -0.316 e. The molecule has 1 N–H and O–H groups in total. The molecule has 0 spiro atoms. The second kappa shape index (κ2) is 8.50. The third-order valence-corrected chi connectivity index (χ3v) is 5.46. The number of nitrogens with one attached hydrogen (secondary N) is 1. The highest BCUT2D eigenvalue weighted by molar-refractivity contribution is 4.83. The van der Waals surface area contributed by atoms with Crippen LogP contribution in [0.4, 0.5) is 0 Å². The Morgan fingerprint density at radius 2 is 1.86 bits per heavy atom. The molecule has 2 heterocycles. The first kappa shape index (κ1) is 17.2. The summed E-state index contributed by atoms with van der Waals surface area (Å²) in [5, 5.41) is 3.58. The van der Waals surface area contributed by atoms with Crippen LogP contribution in [-0.4, -0.2) is 60.6 Å². The number of nitrogens with zero attached hydrogens (tertiary/aromatic N) is 2. The highest BCUT2D eigenvalue weighted by Crippen LogP contribution is 2.23. The molecule has 0 aliphatic carbocycles. The largest absolute Gasteiger partial charge is 0.316 e. The standard InChI is InChI=1S/C18H37N3/c1-15(2)20-11-6-8-18(9-12-20)21(16(3)4)14-17-7-5-10-19-13-17/h15-19H,5-14H2,1-4H3. The van der Waals surface area contributed by atoms with Gasteiger partial charge in [-0.25, -0.2) is 0 Å². The van der Waals surface area contributed by atoms with Crippen LogP contribution >= 0.6 is 0 Å². The van der Waals surface area contributed by atoms with Gasteiger partial charge in [-0.05, 0) is 91.9 Å². The maximum atomic E-state index is 3.58. The van der Waals surface area contributed by atoms with E-state index in [1.165, 1.54) is 64.8 Å². The number of hydrogen-bond acceptors (Lipinski definition) is 3. The number of likely N-dealkylation sites (tertiary alicyclic amines) is 1. The van der Waals surface area contributed by atoms with Crippen molar-refractivity contribution >= 4 is 0 Å². The van der Waals surface area contributed by atoms with Crippen LogP contribution in [0.25, 0.3) is 0 Å². The molecule has 0 aromatic heterocycles. The summed E-state index contributed by atoms with van der Waals surface area (Å²) in [6.07, 6.45) is 6.90. The molecule has 0 aromatic carbocycles. The molecule has 0 aromatic rings. The van der Waals surface area contributed by atoms with Crippen LogP contribution in [0.15, 0.2) is 0 Å². The fourth-order valence-corrected chi connectivity index (χ4v) is 4.11. The zero-order valence-corrected chi connectivity index (χ0v) is 14.8. The van der Waals surface area contributed by atoms with Gasteiger partial charge in [0.05, 0.1) is 0 Å². The number of hydrogen-bond donors (Lipinski definition) is 1. The van der Waals surface area contributed by atoms with Crippen molar-refractivity contribution in [3.05, 3.63) is 0 Å². The van der Waals surface area contributed by atoms with Gasteiger partial charge in [0.1, 0.15) is 0 Å². The van der Waals surface area contributed by atoms with Crippen molar-refractivity contribution in [2.75, 3.05) is 32.7 Å². The molecule has 2 saturated heterocycles. The van der Waals surface area contributed by atoms with E-state index in [4.69, 9.17) is 0 Å². The lowest BCUT2D eigenvalue weighted by Crippen LogP contribution is -2.46. The summed E-state index contributed by atoms with van der Waals surface area (Å²) in [4.78, 5) is 5.49. The molecule has 2 atom stereocenters. The monoisotopic (exact) mass is 295 g/mol. The smallest absolute Gasteiger partial charge is 0.0111 e. The lowest BCUT2D eigenvalue weighted by atomic mass is 9.96. The number of rotatable bonds is 5. The molecule has 2 aliphatic rings. The highest BCUT2D eigenvalue weighted by atomic mass is 15.2. The van der Waals surface area contributed by atoms with Crippen molar-refractivity contribution in [2.45, 2.75) is 77.9 Å². The summed E-state index contributed by atoms with van der Waals surface area (Å²) in [5.74, 6) is 0.866. The lowest BCUT2D eigenvalue weighted by molar-refractivity contribution is 0.106. The lowest BCUT2D eigenvalue weighted by Gasteiger charge is -2.38. The second-order valence-electron chi connectivity index (χ2n) is 7.72. The van der Waals surface area contributed by atoms with Crippen LogP contribution in [0, 0.1) is 5.92 Å². The Hall–Kier alpha value is -0.120. The fraction of sp³-hybridized carbons (Fsp3) is 1.00. The van der Waals surface area contributed by atoms with Gasteiger partial charge in [-0.15, -0.1) is 0 Å². The Balaban J connectivity index is 1.90. The van der Waals surface area contributed by atoms with Crippen molar-refractivity contribution < 1.29 is 0 Å². The third-order valence-electron chi connectivity index (χ3n) is 5.46. The maximum absolute atomic E-state index is 3.58. The van der Waals surface area contributed by atoms with E-state index in [2.05, 4.69) is 42.8 Å². The fourth-order valence-electron chi connectivity index (χ4n) is 4.11. The molecule has 0 radical (unpaired) electrons. The SMILES string of the molecule is CC(C)N1CCCC(N(CC2CCCNC2)C(C)C)CC1. The average molecular weight is 296 g/mol. The van der Waals surface area contributed by atoms with Gasteiger partial charge in [0.15, 0.2) is 0 Å². The predicted octanol–water partition coefficient (Wildman–Crippen LogP) is 2.96. The summed E-state index contributed by atoms with van der Waals surface area (Å²) in [7, 11) is 0. The molecule has 3 nitrogen and oxygen atoms in total. The van der Waals surface area contributed by atoms with E-state index < -0.39 is 0 Å². The van der Waals surface area contributed by atoms with Crippen molar-refractivity contribution in [1.29, 1.82) is 0 Å². The molecule has 2 aliphatic heterocycles. The predicted molar refractivity (Wildman–Crippen MR) is 91.8 cm³/mol. The summed E-state index contributed by atoms with van der Waals surface area (Å²) in [5.41, 5.74) is 0. The van der Waals surface area contributed by atoms with Crippen LogP contribution in [-0.2, 0) is 0 Å². The molecule has 2 rings (SSSR count). The van der Waals surface area contributed by atoms with Gasteiger partial charge in [0.2, 0.25) is 0 Å². The normalized spacial score (nSPS) is 29.3. The van der Waals surface area contributed by atoms with E-state index in [1.807, 2.05) is 0 Å².